The number of carboxylic acids is 1. The lowest BCUT2D eigenvalue weighted by Crippen LogP contribution is -2.35. The largest absolute Gasteiger partial charge is 0.481 e. The molecule has 13 heteroatoms. The lowest BCUT2D eigenvalue weighted by Gasteiger charge is -2.32. The normalized spacial score (nSPS) is 15.3. The van der Waals surface area contributed by atoms with Crippen molar-refractivity contribution >= 4 is 28.8 Å². The summed E-state index contributed by atoms with van der Waals surface area (Å²) in [5.74, 6) is -2.28. The van der Waals surface area contributed by atoms with Crippen molar-refractivity contribution in [3.05, 3.63) is 74.9 Å². The number of halogens is 7. The van der Waals surface area contributed by atoms with Crippen LogP contribution in [0.25, 0.3) is 10.4 Å². The zero-order valence-electron chi connectivity index (χ0n) is 25.2. The Morgan fingerprint density at radius 3 is 2.02 bits per heavy atom. The lowest BCUT2D eigenvalue weighted by molar-refractivity contribution is -0.151. The van der Waals surface area contributed by atoms with Crippen LogP contribution in [-0.2, 0) is 33.8 Å². The Kier molecular flexibility index (Phi) is 9.65. The molecule has 1 aliphatic rings. The fourth-order valence-electron chi connectivity index (χ4n) is 5.83. The number of ketones is 1. The molecule has 0 bridgehead atoms. The Morgan fingerprint density at radius 2 is 1.52 bits per heavy atom. The summed E-state index contributed by atoms with van der Waals surface area (Å²) in [6.07, 6.45) is -7.08. The van der Waals surface area contributed by atoms with Gasteiger partial charge in [0, 0.05) is 4.88 Å². The molecule has 0 radical (unpaired) electrons. The van der Waals surface area contributed by atoms with Crippen LogP contribution in [0.1, 0.15) is 78.6 Å². The average Bonchev–Trinajstić information content (AvgIpc) is 3.31. The number of aryl methyl sites for hydroxylation is 1. The number of hydrogen-bond donors (Lipinski definition) is 2. The van der Waals surface area contributed by atoms with Gasteiger partial charge in [0.15, 0.2) is 5.78 Å². The molecular weight excluding hydrogens is 637 g/mol. The predicted molar refractivity (Wildman–Crippen MR) is 159 cm³/mol. The topological polar surface area (TPSA) is 90.2 Å². The molecule has 1 aromatic heterocycles. The average molecular weight is 669 g/mol. The number of nitrogens with one attached hydrogen (secondary N) is 1. The van der Waals surface area contributed by atoms with Gasteiger partial charge in [-0.2, -0.15) is 31.6 Å². The van der Waals surface area contributed by atoms with Gasteiger partial charge in [-0.25, -0.2) is 4.39 Å². The van der Waals surface area contributed by atoms with Gasteiger partial charge in [-0.15, -0.1) is 11.3 Å². The van der Waals surface area contributed by atoms with Gasteiger partial charge in [-0.1, -0.05) is 25.3 Å². The predicted octanol–water partition coefficient (Wildman–Crippen LogP) is 9.31. The minimum Gasteiger partial charge on any atom is -0.481 e. The molecule has 5 nitrogen and oxygen atoms in total. The molecule has 2 N–H and O–H groups in total. The Morgan fingerprint density at radius 1 is 0.957 bits per heavy atom. The van der Waals surface area contributed by atoms with Gasteiger partial charge in [0.05, 0.1) is 44.6 Å². The fourth-order valence-corrected chi connectivity index (χ4v) is 7.29. The molecule has 0 atom stereocenters. The molecule has 4 rings (SSSR count). The number of nitrogens with zero attached hydrogens (tertiary/aromatic N) is 1. The van der Waals surface area contributed by atoms with E-state index in [2.05, 4.69) is 11.4 Å². The molecule has 1 aliphatic carbocycles. The van der Waals surface area contributed by atoms with Crippen LogP contribution >= 0.6 is 11.3 Å². The Labute approximate surface area is 265 Å². The van der Waals surface area contributed by atoms with Gasteiger partial charge in [0.1, 0.15) is 11.9 Å². The van der Waals surface area contributed by atoms with Gasteiger partial charge >= 0.3 is 18.3 Å². The molecule has 2 aromatic carbocycles. The number of rotatable bonds is 9. The zero-order valence-corrected chi connectivity index (χ0v) is 26.0. The van der Waals surface area contributed by atoms with Gasteiger partial charge in [-0.05, 0) is 87.1 Å². The Balaban J connectivity index is 1.77. The van der Waals surface area contributed by atoms with Gasteiger partial charge in [0.25, 0.3) is 0 Å². The van der Waals surface area contributed by atoms with E-state index in [1.165, 1.54) is 32.0 Å². The molecule has 0 amide bonds. The maximum atomic E-state index is 14.0. The third kappa shape index (κ3) is 7.07. The van der Waals surface area contributed by atoms with Crippen molar-refractivity contribution < 1.29 is 45.4 Å². The summed E-state index contributed by atoms with van der Waals surface area (Å²) in [7, 11) is 0. The van der Waals surface area contributed by atoms with Crippen molar-refractivity contribution in [2.45, 2.75) is 77.1 Å². The fraction of sp³-hybridized carbons (Fsp3) is 0.424. The van der Waals surface area contributed by atoms with Crippen LogP contribution in [0.5, 0.6) is 0 Å². The molecule has 1 fully saturated rings. The van der Waals surface area contributed by atoms with E-state index in [4.69, 9.17) is 0 Å². The van der Waals surface area contributed by atoms with E-state index in [1.807, 2.05) is 0 Å². The summed E-state index contributed by atoms with van der Waals surface area (Å²) in [5, 5.41) is 23.3. The first-order chi connectivity index (χ1) is 21.3. The third-order valence-corrected chi connectivity index (χ3v) is 9.94. The van der Waals surface area contributed by atoms with Gasteiger partial charge < -0.3 is 10.4 Å². The van der Waals surface area contributed by atoms with E-state index in [-0.39, 0.29) is 23.7 Å². The molecule has 46 heavy (non-hydrogen) atoms. The van der Waals surface area contributed by atoms with Crippen LogP contribution in [-0.4, -0.2) is 23.4 Å². The Hall–Kier alpha value is -3.92. The van der Waals surface area contributed by atoms with Crippen LogP contribution in [0.15, 0.2) is 36.4 Å². The Bertz CT molecular complexity index is 1660. The quantitative estimate of drug-likeness (QED) is 0.222. The molecule has 0 spiro atoms. The number of benzene rings is 2. The number of alkyl halides is 6. The first-order valence-corrected chi connectivity index (χ1v) is 15.2. The highest BCUT2D eigenvalue weighted by molar-refractivity contribution is 7.16. The molecule has 3 aromatic rings. The van der Waals surface area contributed by atoms with Crippen LogP contribution in [0, 0.1) is 29.5 Å². The summed E-state index contributed by atoms with van der Waals surface area (Å²) in [5.41, 5.74) is -5.33. The van der Waals surface area contributed by atoms with E-state index >= 15 is 0 Å². The van der Waals surface area contributed by atoms with Crippen LogP contribution in [0.3, 0.4) is 0 Å². The number of Topliss-reactive ketones (excluding diaryl/α,β-unsaturated/α-hetero) is 1. The van der Waals surface area contributed by atoms with Gasteiger partial charge in [-0.3, -0.25) is 9.59 Å². The number of carbonyl (C=O) groups is 2. The minimum atomic E-state index is -5.10. The highest BCUT2D eigenvalue weighted by Crippen LogP contribution is 2.48. The number of aliphatic carboxylic acids is 1. The highest BCUT2D eigenvalue weighted by atomic mass is 32.1. The van der Waals surface area contributed by atoms with Crippen molar-refractivity contribution in [1.29, 1.82) is 5.26 Å². The van der Waals surface area contributed by atoms with Crippen LogP contribution in [0.4, 0.5) is 36.4 Å². The minimum absolute atomic E-state index is 0.0120. The third-order valence-electron chi connectivity index (χ3n) is 8.72. The van der Waals surface area contributed by atoms with Crippen LogP contribution < -0.4 is 5.32 Å². The summed E-state index contributed by atoms with van der Waals surface area (Å²) >= 11 is 1.13. The molecule has 0 saturated heterocycles. The maximum Gasteiger partial charge on any atom is 0.416 e. The second-order valence-corrected chi connectivity index (χ2v) is 13.3. The number of thiophene rings is 1. The molecule has 0 aliphatic heterocycles. The van der Waals surface area contributed by atoms with Gasteiger partial charge in [0.2, 0.25) is 0 Å². The van der Waals surface area contributed by atoms with E-state index < -0.39 is 64.0 Å². The molecule has 1 saturated carbocycles. The number of hydrogen-bond acceptors (Lipinski definition) is 5. The van der Waals surface area contributed by atoms with Crippen molar-refractivity contribution in [2.75, 3.05) is 11.9 Å². The second-order valence-electron chi connectivity index (χ2n) is 12.2. The zero-order chi connectivity index (χ0) is 34.2. The SMILES string of the molecule is Cc1cc(F)ccc1-c1sc(CC2(C(=O)O)CCCCC2)c(C#N)c1NCC(=O)C(C)(C)c1cc(C(F)(F)F)cc(C(F)(F)F)c1. The molecular formula is C33H31F7N2O3S. The van der Waals surface area contributed by atoms with Crippen molar-refractivity contribution in [2.24, 2.45) is 5.41 Å². The maximum absolute atomic E-state index is 14.0. The number of nitriles is 1. The first-order valence-electron chi connectivity index (χ1n) is 14.4. The molecule has 0 unspecified atom stereocenters. The van der Waals surface area contributed by atoms with E-state index in [0.717, 1.165) is 17.8 Å². The van der Waals surface area contributed by atoms with Crippen molar-refractivity contribution in [1.82, 2.24) is 0 Å². The standard InChI is InChI=1S/C33H31F7N2O3S/c1-18-11-22(34)7-8-23(18)28-27(24(16-41)25(46-28)15-31(29(44)45)9-5-4-6-10-31)42-17-26(43)30(2,3)19-12-20(32(35,36)37)14-21(13-19)33(38,39)40/h7-8,11-14,42H,4-6,9-10,15,17H2,1-3H3,(H,44,45). The van der Waals surface area contributed by atoms with E-state index in [0.29, 0.717) is 58.7 Å². The van der Waals surface area contributed by atoms with E-state index in [9.17, 15) is 50.7 Å². The lowest BCUT2D eigenvalue weighted by atomic mass is 9.71. The molecule has 246 valence electrons. The smallest absolute Gasteiger partial charge is 0.416 e. The molecule has 1 heterocycles. The number of anilines is 1. The summed E-state index contributed by atoms with van der Waals surface area (Å²) in [6, 6.07) is 7.06. The van der Waals surface area contributed by atoms with Crippen molar-refractivity contribution in [3.63, 3.8) is 0 Å². The first kappa shape index (κ1) is 34.9. The number of carbonyl (C=O) groups excluding carboxylic acids is 1. The van der Waals surface area contributed by atoms with E-state index in [1.54, 1.807) is 6.92 Å². The highest BCUT2D eigenvalue weighted by Gasteiger charge is 2.42. The van der Waals surface area contributed by atoms with Crippen molar-refractivity contribution in [3.8, 4) is 16.5 Å². The second kappa shape index (κ2) is 12.7. The van der Waals surface area contributed by atoms with Crippen LogP contribution in [0.2, 0.25) is 0 Å². The monoisotopic (exact) mass is 668 g/mol. The summed E-state index contributed by atoms with van der Waals surface area (Å²) in [4.78, 5) is 26.9. The summed E-state index contributed by atoms with van der Waals surface area (Å²) < 4.78 is 95.2. The number of carboxylic acid groups (broad SMARTS) is 1. The summed E-state index contributed by atoms with van der Waals surface area (Å²) in [6.45, 7) is 3.46.